The molecule has 0 aromatic heterocycles. The summed E-state index contributed by atoms with van der Waals surface area (Å²) in [5.74, 6) is -0.483. The van der Waals surface area contributed by atoms with Crippen molar-refractivity contribution >= 4 is 27.5 Å². The fraction of sp³-hybridized carbons (Fsp3) is 0.355. The number of nitrogens with zero attached hydrogens (tertiary/aromatic N) is 1. The number of para-hydroxylation sites is 1. The van der Waals surface area contributed by atoms with Crippen molar-refractivity contribution < 1.29 is 27.5 Å². The van der Waals surface area contributed by atoms with Gasteiger partial charge in [0.25, 0.3) is 0 Å². The molecule has 4 rings (SSSR count). The van der Waals surface area contributed by atoms with Gasteiger partial charge in [0.15, 0.2) is 9.84 Å². The molecule has 3 aromatic carbocycles. The summed E-state index contributed by atoms with van der Waals surface area (Å²) in [5, 5.41) is 2.23. The number of carbonyl (C=O) groups excluding carboxylic acids is 2. The van der Waals surface area contributed by atoms with Crippen LogP contribution in [0.25, 0.3) is 11.1 Å². The summed E-state index contributed by atoms with van der Waals surface area (Å²) in [6, 6.07) is 21.3. The quantitative estimate of drug-likeness (QED) is 0.242. The van der Waals surface area contributed by atoms with Gasteiger partial charge >= 0.3 is 12.0 Å². The van der Waals surface area contributed by atoms with Gasteiger partial charge in [0.2, 0.25) is 0 Å². The van der Waals surface area contributed by atoms with Crippen molar-refractivity contribution in [2.75, 3.05) is 32.1 Å². The summed E-state index contributed by atoms with van der Waals surface area (Å²) in [7, 11) is -1.89. The number of esters is 1. The molecule has 40 heavy (non-hydrogen) atoms. The van der Waals surface area contributed by atoms with Crippen molar-refractivity contribution in [2.45, 2.75) is 49.4 Å². The average molecular weight is 565 g/mol. The number of unbranched alkanes of at least 4 members (excludes halogenated alkanes) is 1. The highest BCUT2D eigenvalue weighted by Gasteiger charge is 2.33. The number of urea groups is 1. The van der Waals surface area contributed by atoms with Crippen molar-refractivity contribution in [3.05, 3.63) is 83.9 Å². The van der Waals surface area contributed by atoms with Crippen LogP contribution >= 0.6 is 0 Å². The molecule has 0 bridgehead atoms. The Morgan fingerprint density at radius 2 is 1.55 bits per heavy atom. The molecule has 0 spiro atoms. The molecule has 1 aliphatic rings. The van der Waals surface area contributed by atoms with Crippen molar-refractivity contribution in [3.63, 3.8) is 0 Å². The van der Waals surface area contributed by atoms with E-state index in [-0.39, 0.29) is 10.9 Å². The van der Waals surface area contributed by atoms with Gasteiger partial charge in [-0.2, -0.15) is 0 Å². The summed E-state index contributed by atoms with van der Waals surface area (Å²) in [4.78, 5) is 27.3. The molecule has 0 saturated carbocycles. The standard InChI is InChI=1S/C31H36N2O6S/c1-3-4-21-39-30(34)28-7-5-6-8-29(28)32-31(35)33-19-17-27(18-20-33)40(36,37)26-15-13-25(14-16-26)24-11-9-23(10-12-24)22-38-2/h5-16,27H,3-4,17-22H2,1-2H3,(H,32,35). The number of carbonyl (C=O) groups is 2. The third-order valence-corrected chi connectivity index (χ3v) is 9.35. The Kier molecular flexibility index (Phi) is 9.95. The molecule has 1 aliphatic heterocycles. The van der Waals surface area contributed by atoms with Gasteiger partial charge in [0.1, 0.15) is 0 Å². The number of likely N-dealkylation sites (tertiary alicyclic amines) is 1. The Bertz CT molecular complexity index is 1400. The van der Waals surface area contributed by atoms with Gasteiger partial charge in [-0.3, -0.25) is 0 Å². The number of sulfone groups is 1. The molecule has 8 nitrogen and oxygen atoms in total. The van der Waals surface area contributed by atoms with Crippen LogP contribution in [0.4, 0.5) is 10.5 Å². The van der Waals surface area contributed by atoms with Gasteiger partial charge < -0.3 is 19.7 Å². The van der Waals surface area contributed by atoms with Crippen LogP contribution in [0, 0.1) is 0 Å². The number of rotatable bonds is 10. The van der Waals surface area contributed by atoms with E-state index in [1.165, 1.54) is 0 Å². The monoisotopic (exact) mass is 564 g/mol. The first-order valence-corrected chi connectivity index (χ1v) is 15.1. The molecule has 1 fully saturated rings. The molecule has 0 aliphatic carbocycles. The summed E-state index contributed by atoms with van der Waals surface area (Å²) in [5.41, 5.74) is 3.67. The van der Waals surface area contributed by atoms with Gasteiger partial charge in [-0.05, 0) is 60.2 Å². The smallest absolute Gasteiger partial charge is 0.340 e. The van der Waals surface area contributed by atoms with Crippen LogP contribution in [-0.4, -0.2) is 57.4 Å². The Morgan fingerprint density at radius 1 is 0.925 bits per heavy atom. The largest absolute Gasteiger partial charge is 0.462 e. The third kappa shape index (κ3) is 7.08. The topological polar surface area (TPSA) is 102 Å². The van der Waals surface area contributed by atoms with Crippen LogP contribution in [0.5, 0.6) is 0 Å². The molecule has 0 radical (unpaired) electrons. The molecule has 9 heteroatoms. The highest BCUT2D eigenvalue weighted by atomic mass is 32.2. The summed E-state index contributed by atoms with van der Waals surface area (Å²) in [6.45, 7) is 3.47. The van der Waals surface area contributed by atoms with E-state index in [1.54, 1.807) is 48.4 Å². The minimum atomic E-state index is -3.55. The number of benzene rings is 3. The number of nitrogens with one attached hydrogen (secondary N) is 1. The maximum Gasteiger partial charge on any atom is 0.340 e. The number of hydrogen-bond acceptors (Lipinski definition) is 6. The van der Waals surface area contributed by atoms with E-state index in [9.17, 15) is 18.0 Å². The van der Waals surface area contributed by atoms with Crippen LogP contribution in [0.15, 0.2) is 77.7 Å². The van der Waals surface area contributed by atoms with Crippen LogP contribution in [0.2, 0.25) is 0 Å². The minimum absolute atomic E-state index is 0.283. The predicted octanol–water partition coefficient (Wildman–Crippen LogP) is 5.93. The van der Waals surface area contributed by atoms with Crippen molar-refractivity contribution in [1.82, 2.24) is 4.90 Å². The second-order valence-corrected chi connectivity index (χ2v) is 12.1. The second-order valence-electron chi connectivity index (χ2n) is 9.85. The van der Waals surface area contributed by atoms with E-state index < -0.39 is 21.1 Å². The first-order chi connectivity index (χ1) is 19.3. The minimum Gasteiger partial charge on any atom is -0.462 e. The van der Waals surface area contributed by atoms with Crippen LogP contribution in [0.1, 0.15) is 48.5 Å². The first-order valence-electron chi connectivity index (χ1n) is 13.6. The molecule has 2 amide bonds. The lowest BCUT2D eigenvalue weighted by atomic mass is 10.0. The number of piperidine rings is 1. The van der Waals surface area contributed by atoms with E-state index >= 15 is 0 Å². The number of methoxy groups -OCH3 is 1. The molecule has 1 N–H and O–H groups in total. The maximum atomic E-state index is 13.4. The first kappa shape index (κ1) is 29.3. The average Bonchev–Trinajstić information content (AvgIpc) is 2.98. The zero-order valence-electron chi connectivity index (χ0n) is 23.0. The zero-order chi connectivity index (χ0) is 28.5. The predicted molar refractivity (Wildman–Crippen MR) is 155 cm³/mol. The Labute approximate surface area is 236 Å². The summed E-state index contributed by atoms with van der Waals surface area (Å²) in [6.07, 6.45) is 2.34. The molecule has 1 heterocycles. The molecular formula is C31H36N2O6S. The van der Waals surface area contributed by atoms with Crippen LogP contribution < -0.4 is 5.32 Å². The van der Waals surface area contributed by atoms with E-state index in [0.29, 0.717) is 50.4 Å². The number of hydrogen-bond donors (Lipinski definition) is 1. The number of ether oxygens (including phenoxy) is 2. The SMILES string of the molecule is CCCCOC(=O)c1ccccc1NC(=O)N1CCC(S(=O)(=O)c2ccc(-c3ccc(COC)cc3)cc2)CC1. The lowest BCUT2D eigenvalue weighted by Gasteiger charge is -2.32. The molecular weight excluding hydrogens is 528 g/mol. The highest BCUT2D eigenvalue weighted by Crippen LogP contribution is 2.28. The second kappa shape index (κ2) is 13.6. The highest BCUT2D eigenvalue weighted by molar-refractivity contribution is 7.92. The number of anilines is 1. The maximum absolute atomic E-state index is 13.4. The Morgan fingerprint density at radius 3 is 2.17 bits per heavy atom. The van der Waals surface area contributed by atoms with Gasteiger partial charge in [-0.15, -0.1) is 0 Å². The van der Waals surface area contributed by atoms with Gasteiger partial charge in [-0.25, -0.2) is 18.0 Å². The van der Waals surface area contributed by atoms with Gasteiger partial charge in [0.05, 0.1) is 34.6 Å². The molecule has 3 aromatic rings. The van der Waals surface area contributed by atoms with Gasteiger partial charge in [-0.1, -0.05) is 61.9 Å². The third-order valence-electron chi connectivity index (χ3n) is 7.07. The van der Waals surface area contributed by atoms with Crippen LogP contribution in [-0.2, 0) is 25.9 Å². The Balaban J connectivity index is 1.35. The molecule has 212 valence electrons. The summed E-state index contributed by atoms with van der Waals surface area (Å²) < 4.78 is 37.2. The van der Waals surface area contributed by atoms with Crippen molar-refractivity contribution in [3.8, 4) is 11.1 Å². The Hall–Kier alpha value is -3.69. The molecule has 1 saturated heterocycles. The van der Waals surface area contributed by atoms with E-state index in [4.69, 9.17) is 9.47 Å². The van der Waals surface area contributed by atoms with Gasteiger partial charge in [0, 0.05) is 20.2 Å². The van der Waals surface area contributed by atoms with E-state index in [1.807, 2.05) is 43.3 Å². The number of amides is 2. The van der Waals surface area contributed by atoms with Crippen molar-refractivity contribution in [2.24, 2.45) is 0 Å². The van der Waals surface area contributed by atoms with E-state index in [0.717, 1.165) is 29.5 Å². The lowest BCUT2D eigenvalue weighted by Crippen LogP contribution is -2.44. The zero-order valence-corrected chi connectivity index (χ0v) is 23.8. The summed E-state index contributed by atoms with van der Waals surface area (Å²) >= 11 is 0. The fourth-order valence-electron chi connectivity index (χ4n) is 4.71. The van der Waals surface area contributed by atoms with Crippen LogP contribution in [0.3, 0.4) is 0 Å². The fourth-order valence-corrected chi connectivity index (χ4v) is 6.44. The molecule has 0 unspecified atom stereocenters. The normalized spacial score (nSPS) is 14.1. The van der Waals surface area contributed by atoms with Crippen molar-refractivity contribution in [1.29, 1.82) is 0 Å². The lowest BCUT2D eigenvalue weighted by molar-refractivity contribution is 0.0501. The molecule has 0 atom stereocenters. The van der Waals surface area contributed by atoms with E-state index in [2.05, 4.69) is 5.32 Å².